The van der Waals surface area contributed by atoms with Crippen LogP contribution >= 0.6 is 0 Å². The predicted octanol–water partition coefficient (Wildman–Crippen LogP) is -3.42. The Balaban J connectivity index is 0.00000169. The Hall–Kier alpha value is 0.0500. The molecule has 0 fully saturated rings. The summed E-state index contributed by atoms with van der Waals surface area (Å²) >= 11 is 0. The molecule has 0 saturated carbocycles. The first-order chi connectivity index (χ1) is 5.91. The molecule has 0 amide bonds. The number of hydrogen-bond acceptors (Lipinski definition) is 5. The van der Waals surface area contributed by atoms with Gasteiger partial charge in [0.2, 0.25) is 0 Å². The van der Waals surface area contributed by atoms with Crippen LogP contribution in [-0.4, -0.2) is 23.2 Å². The van der Waals surface area contributed by atoms with Crippen LogP contribution in [0.15, 0.2) is 29.2 Å². The van der Waals surface area contributed by atoms with E-state index in [1.807, 2.05) is 0 Å². The van der Waals surface area contributed by atoms with Gasteiger partial charge in [-0.25, -0.2) is 8.42 Å². The average Bonchev–Trinajstić information content (AvgIpc) is 2.03. The zero-order valence-corrected chi connectivity index (χ0v) is 10.2. The zero-order chi connectivity index (χ0) is 10.1. The molecule has 1 rings (SSSR count). The van der Waals surface area contributed by atoms with Crippen LogP contribution in [0.4, 0.5) is 0 Å². The summed E-state index contributed by atoms with van der Waals surface area (Å²) in [5.74, 6) is 0. The van der Waals surface area contributed by atoms with Gasteiger partial charge in [0, 0.05) is 5.56 Å². The smallest absolute Gasteiger partial charge is 0.744 e. The Bertz CT molecular complexity index is 400. The van der Waals surface area contributed by atoms with Crippen LogP contribution in [-0.2, 0) is 10.1 Å². The SMILES string of the molecule is O=S(=O)([O-])c1cccc(C(O)O)c1.[Na+]. The van der Waals surface area contributed by atoms with Crippen molar-refractivity contribution in [3.8, 4) is 0 Å². The fourth-order valence-corrected chi connectivity index (χ4v) is 1.36. The zero-order valence-electron chi connectivity index (χ0n) is 7.41. The van der Waals surface area contributed by atoms with Crippen LogP contribution in [0.2, 0.25) is 0 Å². The maximum Gasteiger partial charge on any atom is 1.00 e. The minimum atomic E-state index is -4.53. The molecule has 0 unspecified atom stereocenters. The number of aliphatic hydroxyl groups excluding tert-OH is 1. The fraction of sp³-hybridized carbons (Fsp3) is 0.143. The summed E-state index contributed by atoms with van der Waals surface area (Å²) in [7, 11) is -4.53. The minimum Gasteiger partial charge on any atom is -0.744 e. The van der Waals surface area contributed by atoms with E-state index in [0.29, 0.717) is 0 Å². The molecule has 2 N–H and O–H groups in total. The number of aliphatic hydroxyl groups is 2. The van der Waals surface area contributed by atoms with Crippen LogP contribution in [0.5, 0.6) is 0 Å². The molecule has 0 aliphatic rings. The second kappa shape index (κ2) is 5.22. The first-order valence-electron chi connectivity index (χ1n) is 3.33. The summed E-state index contributed by atoms with van der Waals surface area (Å²) in [6.45, 7) is 0. The van der Waals surface area contributed by atoms with Crippen molar-refractivity contribution >= 4 is 10.1 Å². The van der Waals surface area contributed by atoms with E-state index >= 15 is 0 Å². The van der Waals surface area contributed by atoms with Gasteiger partial charge in [0.15, 0.2) is 6.29 Å². The largest absolute Gasteiger partial charge is 1.00 e. The summed E-state index contributed by atoms with van der Waals surface area (Å²) in [5, 5.41) is 17.3. The first-order valence-corrected chi connectivity index (χ1v) is 4.74. The van der Waals surface area contributed by atoms with Crippen molar-refractivity contribution in [3.05, 3.63) is 29.8 Å². The van der Waals surface area contributed by atoms with Gasteiger partial charge in [-0.05, 0) is 12.1 Å². The van der Waals surface area contributed by atoms with E-state index in [2.05, 4.69) is 0 Å². The third-order valence-corrected chi connectivity index (χ3v) is 2.28. The van der Waals surface area contributed by atoms with Crippen molar-refractivity contribution in [2.75, 3.05) is 0 Å². The number of benzene rings is 1. The Morgan fingerprint density at radius 1 is 1.29 bits per heavy atom. The summed E-state index contributed by atoms with van der Waals surface area (Å²) < 4.78 is 31.5. The van der Waals surface area contributed by atoms with E-state index in [4.69, 9.17) is 10.2 Å². The van der Waals surface area contributed by atoms with E-state index in [1.54, 1.807) is 0 Å². The molecular formula is C7H7NaO5S. The Kier molecular flexibility index (Phi) is 5.24. The van der Waals surface area contributed by atoms with Crippen LogP contribution in [0.25, 0.3) is 0 Å². The van der Waals surface area contributed by atoms with E-state index in [0.717, 1.165) is 12.1 Å². The molecule has 1 aromatic carbocycles. The van der Waals surface area contributed by atoms with E-state index in [9.17, 15) is 13.0 Å². The van der Waals surface area contributed by atoms with E-state index < -0.39 is 21.3 Å². The molecule has 72 valence electrons. The molecule has 0 bridgehead atoms. The third kappa shape index (κ3) is 3.66. The van der Waals surface area contributed by atoms with Gasteiger partial charge in [0.1, 0.15) is 10.1 Å². The molecular weight excluding hydrogens is 219 g/mol. The van der Waals surface area contributed by atoms with E-state index in [-0.39, 0.29) is 35.1 Å². The van der Waals surface area contributed by atoms with Crippen LogP contribution in [0.1, 0.15) is 11.9 Å². The van der Waals surface area contributed by atoms with Crippen LogP contribution in [0, 0.1) is 0 Å². The standard InChI is InChI=1S/C7H8O5S.Na/c8-7(9)5-2-1-3-6(4-5)13(10,11)12;/h1-4,7-9H,(H,10,11,12);/q;+1/p-1. The molecule has 7 heteroatoms. The minimum absolute atomic E-state index is 0. The monoisotopic (exact) mass is 226 g/mol. The fourth-order valence-electron chi connectivity index (χ4n) is 0.831. The summed E-state index contributed by atoms with van der Waals surface area (Å²) in [6, 6.07) is 4.58. The third-order valence-electron chi connectivity index (χ3n) is 1.44. The molecule has 0 aromatic heterocycles. The van der Waals surface area contributed by atoms with Gasteiger partial charge in [-0.15, -0.1) is 0 Å². The van der Waals surface area contributed by atoms with Gasteiger partial charge in [-0.2, -0.15) is 0 Å². The molecule has 1 aromatic rings. The van der Waals surface area contributed by atoms with Gasteiger partial charge < -0.3 is 14.8 Å². The van der Waals surface area contributed by atoms with Crippen molar-refractivity contribution < 1.29 is 52.7 Å². The van der Waals surface area contributed by atoms with Crippen molar-refractivity contribution in [2.45, 2.75) is 11.2 Å². The predicted molar refractivity (Wildman–Crippen MR) is 41.6 cm³/mol. The van der Waals surface area contributed by atoms with Crippen molar-refractivity contribution in [2.24, 2.45) is 0 Å². The molecule has 0 radical (unpaired) electrons. The summed E-state index contributed by atoms with van der Waals surface area (Å²) in [6.07, 6.45) is -1.78. The quantitative estimate of drug-likeness (QED) is 0.311. The second-order valence-corrected chi connectivity index (χ2v) is 3.78. The van der Waals surface area contributed by atoms with Gasteiger partial charge in [0.05, 0.1) is 4.90 Å². The van der Waals surface area contributed by atoms with Crippen molar-refractivity contribution in [3.63, 3.8) is 0 Å². The number of rotatable bonds is 2. The molecule has 0 aliphatic carbocycles. The molecule has 0 atom stereocenters. The average molecular weight is 226 g/mol. The second-order valence-electron chi connectivity index (χ2n) is 2.40. The molecule has 5 nitrogen and oxygen atoms in total. The summed E-state index contributed by atoms with van der Waals surface area (Å²) in [4.78, 5) is -0.474. The van der Waals surface area contributed by atoms with Crippen LogP contribution < -0.4 is 29.6 Å². The molecule has 0 spiro atoms. The molecule has 0 saturated heterocycles. The molecule has 0 aliphatic heterocycles. The van der Waals surface area contributed by atoms with E-state index in [1.165, 1.54) is 12.1 Å². The van der Waals surface area contributed by atoms with Gasteiger partial charge in [-0.1, -0.05) is 12.1 Å². The molecule has 14 heavy (non-hydrogen) atoms. The first kappa shape index (κ1) is 14.1. The van der Waals surface area contributed by atoms with Gasteiger partial charge in [-0.3, -0.25) is 0 Å². The van der Waals surface area contributed by atoms with Crippen molar-refractivity contribution in [1.82, 2.24) is 0 Å². The van der Waals surface area contributed by atoms with Crippen molar-refractivity contribution in [1.29, 1.82) is 0 Å². The van der Waals surface area contributed by atoms with Gasteiger partial charge >= 0.3 is 29.6 Å². The topological polar surface area (TPSA) is 97.7 Å². The molecule has 0 heterocycles. The Morgan fingerprint density at radius 3 is 2.29 bits per heavy atom. The summed E-state index contributed by atoms with van der Waals surface area (Å²) in [5.41, 5.74) is -0.0306. The Labute approximate surface area is 103 Å². The normalized spacial score (nSPS) is 11.1. The number of hydrogen-bond donors (Lipinski definition) is 2. The Morgan fingerprint density at radius 2 is 1.86 bits per heavy atom. The maximum absolute atomic E-state index is 10.5. The maximum atomic E-state index is 10.5. The van der Waals surface area contributed by atoms with Crippen LogP contribution in [0.3, 0.4) is 0 Å². The van der Waals surface area contributed by atoms with Gasteiger partial charge in [0.25, 0.3) is 0 Å².